The molecule has 1 aromatic heterocycles. The highest BCUT2D eigenvalue weighted by atomic mass is 16.5. The Kier molecular flexibility index (Phi) is 4.75. The summed E-state index contributed by atoms with van der Waals surface area (Å²) in [6, 6.07) is 11.6. The molecule has 0 fully saturated rings. The van der Waals surface area contributed by atoms with Crippen molar-refractivity contribution in [1.82, 2.24) is 10.3 Å². The summed E-state index contributed by atoms with van der Waals surface area (Å²) < 4.78 is 11.0. The third-order valence-corrected chi connectivity index (χ3v) is 2.74. The molecule has 2 rings (SSSR count). The largest absolute Gasteiger partial charge is 0.497 e. The second-order valence-electron chi connectivity index (χ2n) is 4.11. The highest BCUT2D eigenvalue weighted by Crippen LogP contribution is 2.24. The van der Waals surface area contributed by atoms with Gasteiger partial charge in [0.1, 0.15) is 18.1 Å². The monoisotopic (exact) mass is 258 g/mol. The molecule has 0 aliphatic carbocycles. The number of methoxy groups -OCH3 is 1. The molecule has 1 N–H and O–H groups in total. The van der Waals surface area contributed by atoms with Gasteiger partial charge in [0.2, 0.25) is 0 Å². The summed E-state index contributed by atoms with van der Waals surface area (Å²) in [4.78, 5) is 4.24. The first-order valence-electron chi connectivity index (χ1n) is 6.17. The lowest BCUT2D eigenvalue weighted by molar-refractivity contribution is 0.297. The second-order valence-corrected chi connectivity index (χ2v) is 4.11. The summed E-state index contributed by atoms with van der Waals surface area (Å²) in [5.74, 6) is 1.68. The van der Waals surface area contributed by atoms with E-state index in [0.29, 0.717) is 6.61 Å². The molecule has 4 heteroatoms. The molecule has 2 aromatic rings. The van der Waals surface area contributed by atoms with Crippen LogP contribution in [0.3, 0.4) is 0 Å². The smallest absolute Gasteiger partial charge is 0.130 e. The molecular formula is C15H18N2O2. The van der Waals surface area contributed by atoms with Crippen molar-refractivity contribution in [3.8, 4) is 11.5 Å². The van der Waals surface area contributed by atoms with Crippen molar-refractivity contribution < 1.29 is 9.47 Å². The van der Waals surface area contributed by atoms with Crippen molar-refractivity contribution >= 4 is 0 Å². The number of hydrogen-bond donors (Lipinski definition) is 1. The minimum Gasteiger partial charge on any atom is -0.497 e. The number of nitrogens with zero attached hydrogens (tertiary/aromatic N) is 1. The summed E-state index contributed by atoms with van der Waals surface area (Å²) in [6.07, 6.45) is 1.77. The zero-order valence-electron chi connectivity index (χ0n) is 11.2. The molecule has 1 heterocycles. The highest BCUT2D eigenvalue weighted by molar-refractivity contribution is 5.40. The fourth-order valence-electron chi connectivity index (χ4n) is 1.79. The van der Waals surface area contributed by atoms with Gasteiger partial charge in [-0.3, -0.25) is 4.98 Å². The molecule has 0 atom stereocenters. The first-order valence-corrected chi connectivity index (χ1v) is 6.17. The van der Waals surface area contributed by atoms with Gasteiger partial charge < -0.3 is 14.8 Å². The standard InChI is InChI=1S/C15H18N2O2/c1-16-10-12-9-14(18-2)6-7-15(12)19-11-13-5-3-4-8-17-13/h3-9,16H,10-11H2,1-2H3. The van der Waals surface area contributed by atoms with Crippen LogP contribution in [0.2, 0.25) is 0 Å². The summed E-state index contributed by atoms with van der Waals surface area (Å²) >= 11 is 0. The van der Waals surface area contributed by atoms with Crippen molar-refractivity contribution in [2.75, 3.05) is 14.2 Å². The predicted octanol–water partition coefficient (Wildman–Crippen LogP) is 2.39. The van der Waals surface area contributed by atoms with Gasteiger partial charge in [-0.15, -0.1) is 0 Å². The molecule has 0 bridgehead atoms. The normalized spacial score (nSPS) is 10.2. The van der Waals surface area contributed by atoms with Gasteiger partial charge in [-0.1, -0.05) is 6.07 Å². The average molecular weight is 258 g/mol. The quantitative estimate of drug-likeness (QED) is 0.864. The van der Waals surface area contributed by atoms with E-state index >= 15 is 0 Å². The molecule has 0 unspecified atom stereocenters. The van der Waals surface area contributed by atoms with Gasteiger partial charge in [-0.05, 0) is 37.4 Å². The Morgan fingerprint density at radius 2 is 2.11 bits per heavy atom. The number of pyridine rings is 1. The SMILES string of the molecule is CNCc1cc(OC)ccc1OCc1ccccn1. The lowest BCUT2D eigenvalue weighted by Crippen LogP contribution is -2.08. The van der Waals surface area contributed by atoms with Crippen molar-refractivity contribution in [1.29, 1.82) is 0 Å². The van der Waals surface area contributed by atoms with E-state index in [1.165, 1.54) is 0 Å². The molecule has 0 radical (unpaired) electrons. The zero-order valence-corrected chi connectivity index (χ0v) is 11.2. The van der Waals surface area contributed by atoms with E-state index in [-0.39, 0.29) is 0 Å². The van der Waals surface area contributed by atoms with Gasteiger partial charge in [-0.25, -0.2) is 0 Å². The Morgan fingerprint density at radius 3 is 2.79 bits per heavy atom. The van der Waals surface area contributed by atoms with E-state index in [0.717, 1.165) is 29.3 Å². The molecular weight excluding hydrogens is 240 g/mol. The predicted molar refractivity (Wildman–Crippen MR) is 74.3 cm³/mol. The number of benzene rings is 1. The molecule has 0 saturated heterocycles. The van der Waals surface area contributed by atoms with Crippen LogP contribution >= 0.6 is 0 Å². The third kappa shape index (κ3) is 3.69. The van der Waals surface area contributed by atoms with Crippen molar-refractivity contribution in [2.24, 2.45) is 0 Å². The molecule has 0 aliphatic heterocycles. The summed E-state index contributed by atoms with van der Waals surface area (Å²) in [5, 5.41) is 3.12. The summed E-state index contributed by atoms with van der Waals surface area (Å²) in [5.41, 5.74) is 1.98. The Hall–Kier alpha value is -2.07. The molecule has 0 aliphatic rings. The maximum Gasteiger partial charge on any atom is 0.130 e. The van der Waals surface area contributed by atoms with E-state index in [4.69, 9.17) is 9.47 Å². The highest BCUT2D eigenvalue weighted by Gasteiger charge is 2.05. The zero-order chi connectivity index (χ0) is 13.5. The average Bonchev–Trinajstić information content (AvgIpc) is 2.47. The molecule has 0 spiro atoms. The maximum absolute atomic E-state index is 5.82. The fourth-order valence-corrected chi connectivity index (χ4v) is 1.79. The molecule has 0 amide bonds. The lowest BCUT2D eigenvalue weighted by Gasteiger charge is -2.12. The van der Waals surface area contributed by atoms with Gasteiger partial charge in [0, 0.05) is 18.3 Å². The third-order valence-electron chi connectivity index (χ3n) is 2.74. The number of aromatic nitrogens is 1. The Morgan fingerprint density at radius 1 is 1.21 bits per heavy atom. The Labute approximate surface area is 113 Å². The van der Waals surface area contributed by atoms with Crippen LogP contribution in [0.1, 0.15) is 11.3 Å². The maximum atomic E-state index is 5.82. The van der Waals surface area contributed by atoms with E-state index in [2.05, 4.69) is 10.3 Å². The molecule has 1 aromatic carbocycles. The Bertz CT molecular complexity index is 515. The van der Waals surface area contributed by atoms with Crippen LogP contribution in [0.25, 0.3) is 0 Å². The van der Waals surface area contributed by atoms with Gasteiger partial charge in [0.15, 0.2) is 0 Å². The van der Waals surface area contributed by atoms with Crippen molar-refractivity contribution in [3.05, 3.63) is 53.9 Å². The Balaban J connectivity index is 2.10. The van der Waals surface area contributed by atoms with E-state index in [1.807, 2.05) is 43.4 Å². The van der Waals surface area contributed by atoms with Crippen LogP contribution in [-0.4, -0.2) is 19.1 Å². The van der Waals surface area contributed by atoms with Crippen LogP contribution < -0.4 is 14.8 Å². The van der Waals surface area contributed by atoms with Gasteiger partial charge >= 0.3 is 0 Å². The number of ether oxygens (including phenoxy) is 2. The van der Waals surface area contributed by atoms with E-state index < -0.39 is 0 Å². The van der Waals surface area contributed by atoms with Crippen LogP contribution in [0.5, 0.6) is 11.5 Å². The molecule has 100 valence electrons. The number of nitrogens with one attached hydrogen (secondary N) is 1. The van der Waals surface area contributed by atoms with Crippen molar-refractivity contribution in [2.45, 2.75) is 13.2 Å². The minimum atomic E-state index is 0.462. The molecule has 4 nitrogen and oxygen atoms in total. The lowest BCUT2D eigenvalue weighted by atomic mass is 10.2. The first kappa shape index (κ1) is 13.4. The van der Waals surface area contributed by atoms with Crippen LogP contribution in [0, 0.1) is 0 Å². The van der Waals surface area contributed by atoms with Gasteiger partial charge in [-0.2, -0.15) is 0 Å². The second kappa shape index (κ2) is 6.75. The molecule has 0 saturated carbocycles. The van der Waals surface area contributed by atoms with Crippen LogP contribution in [-0.2, 0) is 13.2 Å². The number of hydrogen-bond acceptors (Lipinski definition) is 4. The first-order chi connectivity index (χ1) is 9.33. The van der Waals surface area contributed by atoms with Crippen LogP contribution in [0.15, 0.2) is 42.6 Å². The summed E-state index contributed by atoms with van der Waals surface area (Å²) in [7, 11) is 3.56. The molecule has 19 heavy (non-hydrogen) atoms. The fraction of sp³-hybridized carbons (Fsp3) is 0.267. The van der Waals surface area contributed by atoms with E-state index in [1.54, 1.807) is 13.3 Å². The number of rotatable bonds is 6. The summed E-state index contributed by atoms with van der Waals surface area (Å²) in [6.45, 7) is 1.19. The van der Waals surface area contributed by atoms with Crippen molar-refractivity contribution in [3.63, 3.8) is 0 Å². The minimum absolute atomic E-state index is 0.462. The topological polar surface area (TPSA) is 43.4 Å². The van der Waals surface area contributed by atoms with E-state index in [9.17, 15) is 0 Å². The van der Waals surface area contributed by atoms with Gasteiger partial charge in [0.25, 0.3) is 0 Å². The van der Waals surface area contributed by atoms with Crippen LogP contribution in [0.4, 0.5) is 0 Å². The van der Waals surface area contributed by atoms with Gasteiger partial charge in [0.05, 0.1) is 12.8 Å².